The van der Waals surface area contributed by atoms with Crippen molar-refractivity contribution in [2.75, 3.05) is 13.1 Å². The third-order valence-electron chi connectivity index (χ3n) is 3.79. The Morgan fingerprint density at radius 2 is 1.81 bits per heavy atom. The molecule has 0 bridgehead atoms. The van der Waals surface area contributed by atoms with Crippen molar-refractivity contribution >= 4 is 40.5 Å². The average molecular weight is 408 g/mol. The Bertz CT molecular complexity index is 794. The molecule has 2 aromatic rings. The fourth-order valence-electron chi connectivity index (χ4n) is 2.34. The van der Waals surface area contributed by atoms with Gasteiger partial charge in [0.2, 0.25) is 11.8 Å². The number of carbonyl (C=O) groups excluding carboxylic acids is 3. The number of halogens is 1. The van der Waals surface area contributed by atoms with E-state index < -0.39 is 0 Å². The van der Waals surface area contributed by atoms with Crippen LogP contribution in [-0.2, 0) is 16.0 Å². The lowest BCUT2D eigenvalue weighted by molar-refractivity contribution is -0.121. The molecule has 0 spiro atoms. The van der Waals surface area contributed by atoms with Crippen molar-refractivity contribution < 1.29 is 14.4 Å². The highest BCUT2D eigenvalue weighted by Gasteiger charge is 2.10. The second-order valence-corrected chi connectivity index (χ2v) is 7.34. The maximum absolute atomic E-state index is 11.9. The highest BCUT2D eigenvalue weighted by atomic mass is 35.5. The molecule has 0 atom stereocenters. The van der Waals surface area contributed by atoms with E-state index in [4.69, 9.17) is 11.6 Å². The molecule has 0 unspecified atom stereocenters. The van der Waals surface area contributed by atoms with E-state index in [2.05, 4.69) is 15.6 Å². The van der Waals surface area contributed by atoms with Gasteiger partial charge >= 0.3 is 0 Å². The standard InChI is InChI=1S/C19H22ClN3O3S/c1-13-5-6-14(19(20)23-13)12-18(26)22-10-3-9-21-17(25)8-7-15(24)16-4-2-11-27-16/h2,4-6,11H,3,7-10,12H2,1H3,(H,21,25)(H,22,26). The Morgan fingerprint density at radius 1 is 1.07 bits per heavy atom. The van der Waals surface area contributed by atoms with E-state index in [0.29, 0.717) is 35.1 Å². The molecule has 144 valence electrons. The van der Waals surface area contributed by atoms with E-state index in [1.54, 1.807) is 12.1 Å². The second kappa shape index (κ2) is 10.8. The Kier molecular flexibility index (Phi) is 8.42. The number of nitrogens with zero attached hydrogens (tertiary/aromatic N) is 1. The number of hydrogen-bond acceptors (Lipinski definition) is 5. The van der Waals surface area contributed by atoms with Crippen LogP contribution in [0.15, 0.2) is 29.6 Å². The van der Waals surface area contributed by atoms with Gasteiger partial charge in [-0.15, -0.1) is 11.3 Å². The zero-order valence-electron chi connectivity index (χ0n) is 15.1. The molecule has 0 aliphatic heterocycles. The molecule has 2 amide bonds. The van der Waals surface area contributed by atoms with Crippen LogP contribution in [0.4, 0.5) is 0 Å². The second-order valence-electron chi connectivity index (χ2n) is 6.03. The van der Waals surface area contributed by atoms with E-state index in [9.17, 15) is 14.4 Å². The first-order valence-corrected chi connectivity index (χ1v) is 9.93. The Morgan fingerprint density at radius 3 is 2.48 bits per heavy atom. The molecule has 0 radical (unpaired) electrons. The number of Topliss-reactive ketones (excluding diaryl/α,β-unsaturated/α-hetero) is 1. The number of carbonyl (C=O) groups is 3. The van der Waals surface area contributed by atoms with Crippen molar-refractivity contribution in [3.8, 4) is 0 Å². The summed E-state index contributed by atoms with van der Waals surface area (Å²) in [4.78, 5) is 40.3. The predicted molar refractivity (Wildman–Crippen MR) is 106 cm³/mol. The van der Waals surface area contributed by atoms with E-state index in [1.807, 2.05) is 24.4 Å². The molecule has 2 N–H and O–H groups in total. The number of aromatic nitrogens is 1. The molecule has 27 heavy (non-hydrogen) atoms. The van der Waals surface area contributed by atoms with Crippen LogP contribution in [0.5, 0.6) is 0 Å². The smallest absolute Gasteiger partial charge is 0.224 e. The van der Waals surface area contributed by atoms with Crippen LogP contribution in [0.1, 0.15) is 40.2 Å². The summed E-state index contributed by atoms with van der Waals surface area (Å²) < 4.78 is 0. The number of nitrogens with one attached hydrogen (secondary N) is 2. The van der Waals surface area contributed by atoms with E-state index in [0.717, 1.165) is 5.69 Å². The lowest BCUT2D eigenvalue weighted by atomic mass is 10.2. The lowest BCUT2D eigenvalue weighted by Crippen LogP contribution is -2.30. The van der Waals surface area contributed by atoms with Gasteiger partial charge in [0.05, 0.1) is 11.3 Å². The summed E-state index contributed by atoms with van der Waals surface area (Å²) in [7, 11) is 0. The first-order valence-electron chi connectivity index (χ1n) is 8.68. The molecule has 2 heterocycles. The van der Waals surface area contributed by atoms with Crippen LogP contribution in [0.2, 0.25) is 5.15 Å². The van der Waals surface area contributed by atoms with Gasteiger partial charge in [0.15, 0.2) is 5.78 Å². The molecule has 0 saturated carbocycles. The van der Waals surface area contributed by atoms with Gasteiger partial charge in [0.1, 0.15) is 5.15 Å². The van der Waals surface area contributed by atoms with Gasteiger partial charge in [-0.25, -0.2) is 4.98 Å². The molecule has 0 aromatic carbocycles. The molecule has 2 aromatic heterocycles. The minimum Gasteiger partial charge on any atom is -0.356 e. The van der Waals surface area contributed by atoms with Crippen molar-refractivity contribution in [3.05, 3.63) is 50.9 Å². The van der Waals surface area contributed by atoms with Crippen molar-refractivity contribution in [1.29, 1.82) is 0 Å². The monoisotopic (exact) mass is 407 g/mol. The van der Waals surface area contributed by atoms with Crippen LogP contribution >= 0.6 is 22.9 Å². The SMILES string of the molecule is Cc1ccc(CC(=O)NCCCNC(=O)CCC(=O)c2cccs2)c(Cl)n1. The van der Waals surface area contributed by atoms with Crippen molar-refractivity contribution in [3.63, 3.8) is 0 Å². The van der Waals surface area contributed by atoms with Crippen LogP contribution in [0, 0.1) is 6.92 Å². The molecule has 2 rings (SSSR count). The predicted octanol–water partition coefficient (Wildman–Crippen LogP) is 2.93. The lowest BCUT2D eigenvalue weighted by Gasteiger charge is -2.08. The van der Waals surface area contributed by atoms with Gasteiger partial charge in [0, 0.05) is 31.6 Å². The summed E-state index contributed by atoms with van der Waals surface area (Å²) >= 11 is 7.39. The molecule has 6 nitrogen and oxygen atoms in total. The topological polar surface area (TPSA) is 88.2 Å². The number of pyridine rings is 1. The zero-order chi connectivity index (χ0) is 19.6. The Balaban J connectivity index is 1.56. The van der Waals surface area contributed by atoms with Crippen molar-refractivity contribution in [2.45, 2.75) is 32.6 Å². The third-order valence-corrected chi connectivity index (χ3v) is 5.03. The highest BCUT2D eigenvalue weighted by Crippen LogP contribution is 2.14. The van der Waals surface area contributed by atoms with Crippen molar-refractivity contribution in [2.24, 2.45) is 0 Å². The third kappa shape index (κ3) is 7.48. The molecule has 0 aliphatic rings. The van der Waals surface area contributed by atoms with E-state index in [-0.39, 0.29) is 36.9 Å². The maximum Gasteiger partial charge on any atom is 0.224 e. The van der Waals surface area contributed by atoms with E-state index >= 15 is 0 Å². The Hall–Kier alpha value is -2.25. The van der Waals surface area contributed by atoms with Crippen LogP contribution in [-0.4, -0.2) is 35.7 Å². The van der Waals surface area contributed by atoms with Crippen LogP contribution in [0.25, 0.3) is 0 Å². The van der Waals surface area contributed by atoms with Gasteiger partial charge in [-0.05, 0) is 36.4 Å². The summed E-state index contributed by atoms with van der Waals surface area (Å²) in [6.07, 6.45) is 1.15. The summed E-state index contributed by atoms with van der Waals surface area (Å²) in [5.74, 6) is -0.323. The van der Waals surface area contributed by atoms with Gasteiger partial charge in [0.25, 0.3) is 0 Å². The summed E-state index contributed by atoms with van der Waals surface area (Å²) in [6.45, 7) is 2.73. The van der Waals surface area contributed by atoms with Gasteiger partial charge < -0.3 is 10.6 Å². The van der Waals surface area contributed by atoms with Crippen LogP contribution < -0.4 is 10.6 Å². The fourth-order valence-corrected chi connectivity index (χ4v) is 3.30. The van der Waals surface area contributed by atoms with Crippen molar-refractivity contribution in [1.82, 2.24) is 15.6 Å². The molecule has 0 aliphatic carbocycles. The normalized spacial score (nSPS) is 10.4. The molecule has 8 heteroatoms. The van der Waals surface area contributed by atoms with Gasteiger partial charge in [-0.3, -0.25) is 14.4 Å². The quantitative estimate of drug-likeness (QED) is 0.360. The number of hydrogen-bond donors (Lipinski definition) is 2. The van der Waals surface area contributed by atoms with Crippen LogP contribution in [0.3, 0.4) is 0 Å². The number of aryl methyl sites for hydroxylation is 1. The molecule has 0 saturated heterocycles. The van der Waals surface area contributed by atoms with Gasteiger partial charge in [-0.2, -0.15) is 0 Å². The number of thiophene rings is 1. The number of amides is 2. The fraction of sp³-hybridized carbons (Fsp3) is 0.368. The minimum atomic E-state index is -0.163. The molecular formula is C19H22ClN3O3S. The molecule has 0 fully saturated rings. The summed E-state index contributed by atoms with van der Waals surface area (Å²) in [6, 6.07) is 7.18. The summed E-state index contributed by atoms with van der Waals surface area (Å²) in [5, 5.41) is 7.72. The largest absolute Gasteiger partial charge is 0.356 e. The number of ketones is 1. The first kappa shape index (κ1) is 21.1. The number of rotatable bonds is 10. The minimum absolute atomic E-state index is 0.0170. The average Bonchev–Trinajstić information content (AvgIpc) is 3.16. The highest BCUT2D eigenvalue weighted by molar-refractivity contribution is 7.12. The molecular weight excluding hydrogens is 386 g/mol. The zero-order valence-corrected chi connectivity index (χ0v) is 16.7. The Labute approximate surface area is 167 Å². The van der Waals surface area contributed by atoms with Gasteiger partial charge in [-0.1, -0.05) is 23.7 Å². The van der Waals surface area contributed by atoms with E-state index in [1.165, 1.54) is 11.3 Å². The first-order chi connectivity index (χ1) is 13.0. The summed E-state index contributed by atoms with van der Waals surface area (Å²) in [5.41, 5.74) is 1.49. The maximum atomic E-state index is 11.9.